The fraction of sp³-hybridized carbons (Fsp3) is 0.500. The van der Waals surface area contributed by atoms with E-state index >= 15 is 0 Å². The molecule has 8 nitrogen and oxygen atoms in total. The van der Waals surface area contributed by atoms with E-state index < -0.39 is 19.0 Å². The molecule has 0 radical (unpaired) electrons. The molecule has 0 atom stereocenters. The predicted octanol–water partition coefficient (Wildman–Crippen LogP) is 2.59. The first-order chi connectivity index (χ1) is 13.5. The van der Waals surface area contributed by atoms with Crippen molar-refractivity contribution >= 4 is 23.2 Å². The maximum atomic E-state index is 12.5. The normalized spacial score (nSPS) is 15.0. The molecule has 0 spiro atoms. The lowest BCUT2D eigenvalue weighted by molar-refractivity contribution is -0.0338. The van der Waals surface area contributed by atoms with Gasteiger partial charge in [0.2, 0.25) is 6.79 Å². The number of aromatic nitrogens is 1. The molecule has 1 aliphatic rings. The Kier molecular flexibility index (Phi) is 6.89. The highest BCUT2D eigenvalue weighted by atomic mass is 16.8. The predicted molar refractivity (Wildman–Crippen MR) is 104 cm³/mol. The molecule has 0 saturated carbocycles. The van der Waals surface area contributed by atoms with Gasteiger partial charge in [-0.2, -0.15) is 0 Å². The van der Waals surface area contributed by atoms with E-state index in [0.29, 0.717) is 0 Å². The highest BCUT2D eigenvalue weighted by Gasteiger charge is 2.19. The van der Waals surface area contributed by atoms with E-state index in [4.69, 9.17) is 14.2 Å². The van der Waals surface area contributed by atoms with E-state index in [1.165, 1.54) is 4.57 Å². The Morgan fingerprint density at radius 1 is 1.18 bits per heavy atom. The smallest absolute Gasteiger partial charge is 0.431 e. The molecule has 1 saturated heterocycles. The number of nitrogens with one attached hydrogen (secondary N) is 1. The molecule has 152 valence electrons. The molecule has 1 aromatic heterocycles. The van der Waals surface area contributed by atoms with Crippen molar-refractivity contribution in [2.24, 2.45) is 0 Å². The Labute approximate surface area is 164 Å². The number of piperidine rings is 1. The summed E-state index contributed by atoms with van der Waals surface area (Å²) in [5.74, 6) is 0. The number of nitrogens with zero attached hydrogens (tertiary/aromatic N) is 2. The minimum atomic E-state index is -0.816. The van der Waals surface area contributed by atoms with Crippen molar-refractivity contribution in [3.8, 4) is 0 Å². The molecule has 28 heavy (non-hydrogen) atoms. The lowest BCUT2D eigenvalue weighted by atomic mass is 10.1. The average Bonchev–Trinajstić information content (AvgIpc) is 3.06. The summed E-state index contributed by atoms with van der Waals surface area (Å²) in [6.45, 7) is 2.00. The quantitative estimate of drug-likeness (QED) is 0.601. The van der Waals surface area contributed by atoms with Gasteiger partial charge in [-0.05, 0) is 58.1 Å². The largest absolute Gasteiger partial charge is 0.511 e. The van der Waals surface area contributed by atoms with Gasteiger partial charge in [-0.3, -0.25) is 4.57 Å². The van der Waals surface area contributed by atoms with Crippen LogP contribution in [0.2, 0.25) is 0 Å². The van der Waals surface area contributed by atoms with Crippen molar-refractivity contribution in [1.29, 1.82) is 0 Å². The van der Waals surface area contributed by atoms with Gasteiger partial charge in [0.1, 0.15) is 6.10 Å². The molecular weight excluding hydrogens is 362 g/mol. The summed E-state index contributed by atoms with van der Waals surface area (Å²) < 4.78 is 16.7. The van der Waals surface area contributed by atoms with E-state index in [1.807, 2.05) is 38.4 Å². The van der Waals surface area contributed by atoms with Gasteiger partial charge in [0, 0.05) is 18.1 Å². The number of likely N-dealkylation sites (N-methyl/N-ethyl adjacent to an activating group) is 1. The van der Waals surface area contributed by atoms with E-state index in [9.17, 15) is 9.59 Å². The Morgan fingerprint density at radius 2 is 1.93 bits per heavy atom. The number of para-hydroxylation sites is 1. The Bertz CT molecular complexity index is 811. The zero-order chi connectivity index (χ0) is 19.9. The van der Waals surface area contributed by atoms with E-state index in [0.717, 1.165) is 55.4 Å². The highest BCUT2D eigenvalue weighted by Crippen LogP contribution is 2.22. The number of carbonyl (C=O) groups is 2. The van der Waals surface area contributed by atoms with Crippen LogP contribution < -0.4 is 5.32 Å². The molecule has 0 bridgehead atoms. The van der Waals surface area contributed by atoms with Crippen LogP contribution >= 0.6 is 0 Å². The standard InChI is InChI=1S/C20H27N3O5/c1-22(2)12-9-15-13-23(18-6-4-3-5-17(15)18)19(24)26-14-27-20(25)28-16-7-10-21-11-8-16/h3-6,13,16,21H,7-12,14H2,1-2H3. The molecule has 1 aromatic carbocycles. The van der Waals surface area contributed by atoms with Gasteiger partial charge < -0.3 is 24.4 Å². The van der Waals surface area contributed by atoms with Crippen LogP contribution in [0, 0.1) is 0 Å². The molecule has 1 aliphatic heterocycles. The number of ether oxygens (including phenoxy) is 3. The van der Waals surface area contributed by atoms with Crippen LogP contribution in [-0.4, -0.2) is 68.3 Å². The monoisotopic (exact) mass is 389 g/mol. The summed E-state index contributed by atoms with van der Waals surface area (Å²) in [4.78, 5) is 26.3. The molecular formula is C20H27N3O5. The van der Waals surface area contributed by atoms with Crippen molar-refractivity contribution in [1.82, 2.24) is 14.8 Å². The summed E-state index contributed by atoms with van der Waals surface area (Å²) in [6.07, 6.45) is 2.53. The number of hydrogen-bond acceptors (Lipinski definition) is 7. The second kappa shape index (κ2) is 9.57. The second-order valence-electron chi connectivity index (χ2n) is 7.08. The van der Waals surface area contributed by atoms with E-state index in [2.05, 4.69) is 10.2 Å². The summed E-state index contributed by atoms with van der Waals surface area (Å²) in [7, 11) is 4.02. The Hall–Kier alpha value is -2.58. The zero-order valence-electron chi connectivity index (χ0n) is 16.3. The van der Waals surface area contributed by atoms with Gasteiger partial charge in [0.25, 0.3) is 0 Å². The van der Waals surface area contributed by atoms with Gasteiger partial charge in [-0.15, -0.1) is 0 Å². The third-order valence-electron chi connectivity index (χ3n) is 4.73. The Morgan fingerprint density at radius 3 is 2.68 bits per heavy atom. The topological polar surface area (TPSA) is 82.0 Å². The van der Waals surface area contributed by atoms with Crippen molar-refractivity contribution in [2.45, 2.75) is 25.4 Å². The van der Waals surface area contributed by atoms with Gasteiger partial charge in [0.05, 0.1) is 5.52 Å². The third kappa shape index (κ3) is 5.24. The minimum Gasteiger partial charge on any atom is -0.431 e. The molecule has 0 aliphatic carbocycles. The molecule has 2 heterocycles. The van der Waals surface area contributed by atoms with Crippen molar-refractivity contribution in [3.05, 3.63) is 36.0 Å². The van der Waals surface area contributed by atoms with E-state index in [1.54, 1.807) is 6.20 Å². The average molecular weight is 389 g/mol. The molecule has 1 fully saturated rings. The second-order valence-corrected chi connectivity index (χ2v) is 7.08. The molecule has 2 aromatic rings. The summed E-state index contributed by atoms with van der Waals surface area (Å²) in [5.41, 5.74) is 1.83. The van der Waals surface area contributed by atoms with Crippen molar-refractivity contribution in [3.63, 3.8) is 0 Å². The summed E-state index contributed by atoms with van der Waals surface area (Å²) >= 11 is 0. The SMILES string of the molecule is CN(C)CCc1cn(C(=O)OCOC(=O)OC2CCNCC2)c2ccccc12. The lowest BCUT2D eigenvalue weighted by Crippen LogP contribution is -2.34. The van der Waals surface area contributed by atoms with Gasteiger partial charge in [-0.1, -0.05) is 18.2 Å². The first-order valence-electron chi connectivity index (χ1n) is 9.49. The van der Waals surface area contributed by atoms with Gasteiger partial charge in [-0.25, -0.2) is 9.59 Å². The van der Waals surface area contributed by atoms with Crippen LogP contribution in [-0.2, 0) is 20.6 Å². The minimum absolute atomic E-state index is 0.155. The maximum absolute atomic E-state index is 12.5. The van der Waals surface area contributed by atoms with Gasteiger partial charge >= 0.3 is 12.2 Å². The highest BCUT2D eigenvalue weighted by molar-refractivity contribution is 5.92. The maximum Gasteiger partial charge on any atom is 0.511 e. The van der Waals surface area contributed by atoms with Gasteiger partial charge in [0.15, 0.2) is 0 Å². The van der Waals surface area contributed by atoms with E-state index in [-0.39, 0.29) is 6.10 Å². The zero-order valence-corrected chi connectivity index (χ0v) is 16.3. The van der Waals surface area contributed by atoms with Crippen LogP contribution in [0.1, 0.15) is 18.4 Å². The fourth-order valence-electron chi connectivity index (χ4n) is 3.23. The number of benzene rings is 1. The summed E-state index contributed by atoms with van der Waals surface area (Å²) in [6, 6.07) is 7.66. The van der Waals surface area contributed by atoms with Crippen LogP contribution in [0.3, 0.4) is 0 Å². The van der Waals surface area contributed by atoms with Crippen LogP contribution in [0.25, 0.3) is 10.9 Å². The summed E-state index contributed by atoms with van der Waals surface area (Å²) in [5, 5.41) is 4.20. The first kappa shape index (κ1) is 20.2. The number of hydrogen-bond donors (Lipinski definition) is 1. The van der Waals surface area contributed by atoms with Crippen LogP contribution in [0.4, 0.5) is 9.59 Å². The molecule has 3 rings (SSSR count). The van der Waals surface area contributed by atoms with Crippen LogP contribution in [0.15, 0.2) is 30.5 Å². The number of carbonyl (C=O) groups excluding carboxylic acids is 2. The van der Waals surface area contributed by atoms with Crippen LogP contribution in [0.5, 0.6) is 0 Å². The lowest BCUT2D eigenvalue weighted by Gasteiger charge is -2.22. The molecule has 8 heteroatoms. The number of rotatable bonds is 6. The van der Waals surface area contributed by atoms with Crippen molar-refractivity contribution in [2.75, 3.05) is 40.5 Å². The fourth-order valence-corrected chi connectivity index (χ4v) is 3.23. The number of fused-ring (bicyclic) bond motifs is 1. The molecule has 0 unspecified atom stereocenters. The molecule has 0 amide bonds. The first-order valence-corrected chi connectivity index (χ1v) is 9.49. The third-order valence-corrected chi connectivity index (χ3v) is 4.73. The molecule has 1 N–H and O–H groups in total. The Balaban J connectivity index is 1.56. The van der Waals surface area contributed by atoms with Crippen molar-refractivity contribution < 1.29 is 23.8 Å².